The summed E-state index contributed by atoms with van der Waals surface area (Å²) < 4.78 is -2.02. The number of carbonyl (C=O) groups is 2. The third-order valence-electron chi connectivity index (χ3n) is 0.862. The number of hydrogen-bond acceptors (Lipinski definition) is 3. The molecular weight excluding hydrogens is 288 g/mol. The van der Waals surface area contributed by atoms with Gasteiger partial charge in [-0.1, -0.05) is 31.9 Å². The first-order chi connectivity index (χ1) is 4.80. The van der Waals surface area contributed by atoms with Crippen LogP contribution in [0.1, 0.15) is 0 Å². The van der Waals surface area contributed by atoms with Crippen LogP contribution in [0.15, 0.2) is 0 Å². The largest absolute Gasteiger partial charge is 0.479 e. The molecule has 5 nitrogen and oxygen atoms in total. The summed E-state index contributed by atoms with van der Waals surface area (Å²) in [6.07, 6.45) is -2.04. The summed E-state index contributed by atoms with van der Waals surface area (Å²) in [5.74, 6) is -3.13. The normalized spacial score (nSPS) is 14.1. The Kier molecular flexibility index (Phi) is 3.46. The van der Waals surface area contributed by atoms with Crippen LogP contribution in [0.2, 0.25) is 0 Å². The molecule has 0 amide bonds. The molecule has 11 heavy (non-hydrogen) atoms. The Bertz CT molecular complexity index is 189. The van der Waals surface area contributed by atoms with Crippen molar-refractivity contribution in [2.45, 2.75) is 9.34 Å². The molecule has 1 unspecified atom stereocenters. The second kappa shape index (κ2) is 3.51. The molecule has 0 heterocycles. The molecule has 0 aliphatic heterocycles. The van der Waals surface area contributed by atoms with E-state index in [2.05, 4.69) is 31.9 Å². The molecule has 0 spiro atoms. The molecule has 0 aromatic rings. The maximum atomic E-state index is 10.2. The molecule has 0 aromatic heterocycles. The molecule has 0 radical (unpaired) electrons. The van der Waals surface area contributed by atoms with E-state index in [0.29, 0.717) is 0 Å². The third-order valence-corrected chi connectivity index (χ3v) is 2.41. The molecule has 0 saturated heterocycles. The van der Waals surface area contributed by atoms with E-state index in [4.69, 9.17) is 15.3 Å². The highest BCUT2D eigenvalue weighted by Gasteiger charge is 2.44. The standard InChI is InChI=1S/C4H4Br2O5/c5-4(6,3(10)11)1(7)2(8)9/h1,7H,(H,8,9)(H,10,11). The van der Waals surface area contributed by atoms with Crippen molar-refractivity contribution >= 4 is 43.8 Å². The molecule has 0 saturated carbocycles. The Hall–Kier alpha value is -0.140. The minimum atomic E-state index is -2.04. The Morgan fingerprint density at radius 3 is 1.73 bits per heavy atom. The summed E-state index contributed by atoms with van der Waals surface area (Å²) in [6, 6.07) is 0. The molecule has 0 fully saturated rings. The third kappa shape index (κ3) is 2.42. The SMILES string of the molecule is O=C(O)C(O)C(Br)(Br)C(=O)O. The smallest absolute Gasteiger partial charge is 0.335 e. The average molecular weight is 292 g/mol. The fraction of sp³-hybridized carbons (Fsp3) is 0.500. The molecule has 0 rings (SSSR count). The second-order valence-electron chi connectivity index (χ2n) is 1.67. The van der Waals surface area contributed by atoms with Crippen molar-refractivity contribution in [3.8, 4) is 0 Å². The second-order valence-corrected chi connectivity index (χ2v) is 5.23. The molecule has 64 valence electrons. The quantitative estimate of drug-likeness (QED) is 0.637. The van der Waals surface area contributed by atoms with E-state index in [1.807, 2.05) is 0 Å². The van der Waals surface area contributed by atoms with Crippen LogP contribution in [0, 0.1) is 0 Å². The Balaban J connectivity index is 4.55. The van der Waals surface area contributed by atoms with Gasteiger partial charge in [0.25, 0.3) is 0 Å². The summed E-state index contributed by atoms with van der Waals surface area (Å²) >= 11 is 5.00. The maximum absolute atomic E-state index is 10.2. The van der Waals surface area contributed by atoms with E-state index in [0.717, 1.165) is 0 Å². The van der Waals surface area contributed by atoms with Crippen molar-refractivity contribution in [1.29, 1.82) is 0 Å². The highest BCUT2D eigenvalue weighted by molar-refractivity contribution is 9.26. The van der Waals surface area contributed by atoms with Crippen molar-refractivity contribution in [1.82, 2.24) is 0 Å². The molecule has 0 aliphatic rings. The lowest BCUT2D eigenvalue weighted by Gasteiger charge is -2.17. The summed E-state index contributed by atoms with van der Waals surface area (Å²) in [7, 11) is 0. The number of aliphatic hydroxyl groups is 1. The topological polar surface area (TPSA) is 94.8 Å². The fourth-order valence-electron chi connectivity index (χ4n) is 0.272. The molecule has 0 aliphatic carbocycles. The number of carboxylic acid groups (broad SMARTS) is 2. The average Bonchev–Trinajstić information content (AvgIpc) is 1.85. The van der Waals surface area contributed by atoms with Crippen LogP contribution in [-0.4, -0.2) is 36.6 Å². The first-order valence-electron chi connectivity index (χ1n) is 2.32. The monoisotopic (exact) mass is 290 g/mol. The van der Waals surface area contributed by atoms with Crippen LogP contribution in [-0.2, 0) is 9.59 Å². The van der Waals surface area contributed by atoms with Gasteiger partial charge >= 0.3 is 11.9 Å². The lowest BCUT2D eigenvalue weighted by molar-refractivity contribution is -0.152. The van der Waals surface area contributed by atoms with Crippen LogP contribution >= 0.6 is 31.9 Å². The van der Waals surface area contributed by atoms with Gasteiger partial charge in [0.15, 0.2) is 6.10 Å². The number of hydrogen-bond donors (Lipinski definition) is 3. The number of aliphatic hydroxyl groups excluding tert-OH is 1. The zero-order valence-electron chi connectivity index (χ0n) is 4.99. The molecule has 7 heteroatoms. The number of rotatable bonds is 3. The lowest BCUT2D eigenvalue weighted by Crippen LogP contribution is -2.43. The molecule has 1 atom stereocenters. The van der Waals surface area contributed by atoms with Gasteiger partial charge in [0, 0.05) is 0 Å². The van der Waals surface area contributed by atoms with E-state index in [1.165, 1.54) is 0 Å². The Morgan fingerprint density at radius 1 is 1.27 bits per heavy atom. The van der Waals surface area contributed by atoms with E-state index >= 15 is 0 Å². The maximum Gasteiger partial charge on any atom is 0.335 e. The fourth-order valence-corrected chi connectivity index (χ4v) is 0.664. The summed E-state index contributed by atoms with van der Waals surface area (Å²) in [6.45, 7) is 0. The zero-order valence-corrected chi connectivity index (χ0v) is 8.16. The molecule has 0 bridgehead atoms. The van der Waals surface area contributed by atoms with Crippen molar-refractivity contribution in [2.24, 2.45) is 0 Å². The van der Waals surface area contributed by atoms with E-state index in [1.54, 1.807) is 0 Å². The van der Waals surface area contributed by atoms with Crippen LogP contribution < -0.4 is 0 Å². The van der Waals surface area contributed by atoms with Gasteiger partial charge in [0.05, 0.1) is 0 Å². The minimum Gasteiger partial charge on any atom is -0.479 e. The van der Waals surface area contributed by atoms with Crippen LogP contribution in [0.25, 0.3) is 0 Å². The first kappa shape index (κ1) is 10.9. The van der Waals surface area contributed by atoms with Crippen LogP contribution in [0.3, 0.4) is 0 Å². The lowest BCUT2D eigenvalue weighted by atomic mass is 10.2. The highest BCUT2D eigenvalue weighted by atomic mass is 79.9. The van der Waals surface area contributed by atoms with E-state index < -0.39 is 21.3 Å². The van der Waals surface area contributed by atoms with Gasteiger partial charge in [-0.15, -0.1) is 0 Å². The summed E-state index contributed by atoms with van der Waals surface area (Å²) in [5, 5.41) is 25.3. The van der Waals surface area contributed by atoms with Crippen molar-refractivity contribution < 1.29 is 24.9 Å². The van der Waals surface area contributed by atoms with Gasteiger partial charge < -0.3 is 15.3 Å². The van der Waals surface area contributed by atoms with Gasteiger partial charge in [0.1, 0.15) is 0 Å². The minimum absolute atomic E-state index is 1.51. The van der Waals surface area contributed by atoms with Gasteiger partial charge in [0.2, 0.25) is 3.23 Å². The number of carboxylic acids is 2. The predicted octanol–water partition coefficient (Wildman–Crippen LogP) is 0.00260. The van der Waals surface area contributed by atoms with E-state index in [9.17, 15) is 9.59 Å². The highest BCUT2D eigenvalue weighted by Crippen LogP contribution is 2.30. The van der Waals surface area contributed by atoms with Crippen molar-refractivity contribution in [3.63, 3.8) is 0 Å². The van der Waals surface area contributed by atoms with Gasteiger partial charge in [-0.2, -0.15) is 0 Å². The molecular formula is C4H4Br2O5. The van der Waals surface area contributed by atoms with Gasteiger partial charge in [-0.3, -0.25) is 0 Å². The van der Waals surface area contributed by atoms with E-state index in [-0.39, 0.29) is 0 Å². The number of aliphatic carboxylic acids is 2. The number of alkyl halides is 2. The molecule has 3 N–H and O–H groups in total. The predicted molar refractivity (Wildman–Crippen MR) is 41.9 cm³/mol. The first-order valence-corrected chi connectivity index (χ1v) is 3.90. The van der Waals surface area contributed by atoms with Gasteiger partial charge in [-0.25, -0.2) is 9.59 Å². The van der Waals surface area contributed by atoms with Crippen LogP contribution in [0.5, 0.6) is 0 Å². The summed E-state index contributed by atoms with van der Waals surface area (Å²) in [5.41, 5.74) is 0. The van der Waals surface area contributed by atoms with Crippen molar-refractivity contribution in [2.75, 3.05) is 0 Å². The Morgan fingerprint density at radius 2 is 1.64 bits per heavy atom. The molecule has 0 aromatic carbocycles. The Labute approximate surface area is 78.3 Å². The number of halogens is 2. The summed E-state index contributed by atoms with van der Waals surface area (Å²) in [4.78, 5) is 20.3. The van der Waals surface area contributed by atoms with Crippen LogP contribution in [0.4, 0.5) is 0 Å². The van der Waals surface area contributed by atoms with Crippen molar-refractivity contribution in [3.05, 3.63) is 0 Å². The van der Waals surface area contributed by atoms with Gasteiger partial charge in [-0.05, 0) is 0 Å². The zero-order chi connectivity index (χ0) is 9.23.